The molecule has 1 aromatic carbocycles. The zero-order chi connectivity index (χ0) is 16.2. The highest BCUT2D eigenvalue weighted by Gasteiger charge is 2.07. The van der Waals surface area contributed by atoms with Crippen LogP contribution in [0.15, 0.2) is 54.9 Å². The molecule has 0 unspecified atom stereocenters. The lowest BCUT2D eigenvalue weighted by Crippen LogP contribution is -2.22. The van der Waals surface area contributed by atoms with Crippen molar-refractivity contribution in [3.8, 4) is 5.69 Å². The molecule has 3 rings (SSSR count). The maximum absolute atomic E-state index is 12.2. The molecule has 5 nitrogen and oxygen atoms in total. The monoisotopic (exact) mass is 306 g/mol. The number of rotatable bonds is 4. The molecule has 1 N–H and O–H groups in total. The first-order valence-corrected chi connectivity index (χ1v) is 7.44. The van der Waals surface area contributed by atoms with E-state index >= 15 is 0 Å². The fourth-order valence-electron chi connectivity index (χ4n) is 2.43. The third-order valence-electron chi connectivity index (χ3n) is 3.56. The van der Waals surface area contributed by atoms with Crippen LogP contribution in [-0.2, 0) is 6.54 Å². The minimum absolute atomic E-state index is 0.103. The molecule has 0 saturated carbocycles. The number of carbonyl (C=O) groups is 1. The quantitative estimate of drug-likeness (QED) is 0.806. The average molecular weight is 306 g/mol. The first kappa shape index (κ1) is 15.0. The number of nitrogens with one attached hydrogen (secondary N) is 1. The van der Waals surface area contributed by atoms with Crippen molar-refractivity contribution < 1.29 is 4.79 Å². The predicted molar refractivity (Wildman–Crippen MR) is 88.4 cm³/mol. The third kappa shape index (κ3) is 3.45. The lowest BCUT2D eigenvalue weighted by atomic mass is 10.2. The first-order chi connectivity index (χ1) is 11.1. The van der Waals surface area contributed by atoms with E-state index in [1.165, 1.54) is 0 Å². The van der Waals surface area contributed by atoms with Crippen LogP contribution in [0, 0.1) is 13.8 Å². The lowest BCUT2D eigenvalue weighted by Gasteiger charge is -2.07. The normalized spacial score (nSPS) is 10.5. The predicted octanol–water partition coefficient (Wildman–Crippen LogP) is 2.81. The zero-order valence-corrected chi connectivity index (χ0v) is 13.2. The van der Waals surface area contributed by atoms with Gasteiger partial charge < -0.3 is 5.32 Å². The number of pyridine rings is 1. The average Bonchev–Trinajstić information content (AvgIpc) is 2.92. The summed E-state index contributed by atoms with van der Waals surface area (Å²) in [5.74, 6) is -0.103. The second kappa shape index (κ2) is 6.44. The smallest absolute Gasteiger partial charge is 0.251 e. The van der Waals surface area contributed by atoms with Crippen molar-refractivity contribution in [1.29, 1.82) is 0 Å². The Balaban J connectivity index is 1.69. The van der Waals surface area contributed by atoms with Gasteiger partial charge in [-0.25, -0.2) is 4.68 Å². The number of hydrogen-bond acceptors (Lipinski definition) is 3. The van der Waals surface area contributed by atoms with Crippen molar-refractivity contribution >= 4 is 5.91 Å². The van der Waals surface area contributed by atoms with Gasteiger partial charge in [-0.3, -0.25) is 9.78 Å². The van der Waals surface area contributed by atoms with Crippen LogP contribution in [0.2, 0.25) is 0 Å². The van der Waals surface area contributed by atoms with E-state index in [0.717, 1.165) is 22.6 Å². The SMILES string of the molecule is Cc1cc(C)n(-c2ccc(C(=O)NCc3cccnc3)cc2)n1. The molecule has 23 heavy (non-hydrogen) atoms. The fourth-order valence-corrected chi connectivity index (χ4v) is 2.43. The van der Waals surface area contributed by atoms with E-state index in [4.69, 9.17) is 0 Å². The van der Waals surface area contributed by atoms with Crippen LogP contribution >= 0.6 is 0 Å². The van der Waals surface area contributed by atoms with Gasteiger partial charge in [0.15, 0.2) is 0 Å². The summed E-state index contributed by atoms with van der Waals surface area (Å²) in [5.41, 5.74) is 4.58. The fraction of sp³-hybridized carbons (Fsp3) is 0.167. The van der Waals surface area contributed by atoms with Crippen LogP contribution in [0.1, 0.15) is 27.3 Å². The van der Waals surface area contributed by atoms with E-state index in [2.05, 4.69) is 15.4 Å². The number of aromatic nitrogens is 3. The van der Waals surface area contributed by atoms with Crippen LogP contribution in [0.5, 0.6) is 0 Å². The van der Waals surface area contributed by atoms with Crippen molar-refractivity contribution in [2.24, 2.45) is 0 Å². The van der Waals surface area contributed by atoms with Gasteiger partial charge in [0.2, 0.25) is 0 Å². The van der Waals surface area contributed by atoms with Crippen LogP contribution in [-0.4, -0.2) is 20.7 Å². The molecule has 0 bridgehead atoms. The summed E-state index contributed by atoms with van der Waals surface area (Å²) in [4.78, 5) is 16.2. The van der Waals surface area contributed by atoms with E-state index < -0.39 is 0 Å². The van der Waals surface area contributed by atoms with Gasteiger partial charge >= 0.3 is 0 Å². The standard InChI is InChI=1S/C18H18N4O/c1-13-10-14(2)22(21-13)17-7-5-16(6-8-17)18(23)20-12-15-4-3-9-19-11-15/h3-11H,12H2,1-2H3,(H,20,23). The Bertz CT molecular complexity index is 807. The van der Waals surface area contributed by atoms with Gasteiger partial charge in [0.25, 0.3) is 5.91 Å². The summed E-state index contributed by atoms with van der Waals surface area (Å²) < 4.78 is 1.87. The number of benzene rings is 1. The molecule has 0 aliphatic heterocycles. The number of nitrogens with zero attached hydrogens (tertiary/aromatic N) is 3. The molecular weight excluding hydrogens is 288 g/mol. The molecule has 2 aromatic heterocycles. The Hall–Kier alpha value is -2.95. The lowest BCUT2D eigenvalue weighted by molar-refractivity contribution is 0.0951. The summed E-state index contributed by atoms with van der Waals surface area (Å²) in [6.45, 7) is 4.43. The molecule has 2 heterocycles. The molecule has 0 saturated heterocycles. The molecular formula is C18H18N4O. The summed E-state index contributed by atoms with van der Waals surface area (Å²) >= 11 is 0. The minimum atomic E-state index is -0.103. The molecule has 0 aliphatic rings. The Labute approximate surface area is 135 Å². The molecule has 0 spiro atoms. The number of hydrogen-bond donors (Lipinski definition) is 1. The van der Waals surface area contributed by atoms with E-state index in [1.54, 1.807) is 12.4 Å². The molecule has 0 atom stereocenters. The maximum atomic E-state index is 12.2. The van der Waals surface area contributed by atoms with E-state index in [9.17, 15) is 4.79 Å². The second-order valence-corrected chi connectivity index (χ2v) is 5.43. The van der Waals surface area contributed by atoms with Gasteiger partial charge in [0.1, 0.15) is 0 Å². The van der Waals surface area contributed by atoms with Gasteiger partial charge in [0.05, 0.1) is 11.4 Å². The van der Waals surface area contributed by atoms with Crippen LogP contribution in [0.3, 0.4) is 0 Å². The van der Waals surface area contributed by atoms with E-state index in [-0.39, 0.29) is 5.91 Å². The summed E-state index contributed by atoms with van der Waals surface area (Å²) in [5, 5.41) is 7.33. The summed E-state index contributed by atoms with van der Waals surface area (Å²) in [6.07, 6.45) is 3.45. The number of amides is 1. The van der Waals surface area contributed by atoms with Crippen molar-refractivity contribution in [1.82, 2.24) is 20.1 Å². The van der Waals surface area contributed by atoms with Crippen LogP contribution in [0.25, 0.3) is 5.69 Å². The molecule has 0 radical (unpaired) electrons. The molecule has 116 valence electrons. The van der Waals surface area contributed by atoms with Crippen LogP contribution < -0.4 is 5.32 Å². The van der Waals surface area contributed by atoms with E-state index in [0.29, 0.717) is 12.1 Å². The summed E-state index contributed by atoms with van der Waals surface area (Å²) in [7, 11) is 0. The van der Waals surface area contributed by atoms with Gasteiger partial charge in [-0.2, -0.15) is 5.10 Å². The third-order valence-corrected chi connectivity index (χ3v) is 3.56. The van der Waals surface area contributed by atoms with E-state index in [1.807, 2.05) is 61.0 Å². The minimum Gasteiger partial charge on any atom is -0.348 e. The molecule has 0 fully saturated rings. The highest BCUT2D eigenvalue weighted by atomic mass is 16.1. The second-order valence-electron chi connectivity index (χ2n) is 5.43. The summed E-state index contributed by atoms with van der Waals surface area (Å²) in [6, 6.07) is 13.2. The van der Waals surface area contributed by atoms with Crippen molar-refractivity contribution in [3.05, 3.63) is 77.4 Å². The van der Waals surface area contributed by atoms with Gasteiger partial charge in [0, 0.05) is 30.2 Å². The molecule has 0 aliphatic carbocycles. The number of aryl methyl sites for hydroxylation is 2. The highest BCUT2D eigenvalue weighted by molar-refractivity contribution is 5.94. The topological polar surface area (TPSA) is 59.8 Å². The molecule has 3 aromatic rings. The largest absolute Gasteiger partial charge is 0.348 e. The van der Waals surface area contributed by atoms with Crippen molar-refractivity contribution in [3.63, 3.8) is 0 Å². The maximum Gasteiger partial charge on any atom is 0.251 e. The van der Waals surface area contributed by atoms with Gasteiger partial charge in [-0.05, 0) is 55.8 Å². The van der Waals surface area contributed by atoms with Gasteiger partial charge in [-0.1, -0.05) is 6.07 Å². The zero-order valence-electron chi connectivity index (χ0n) is 13.2. The Morgan fingerprint density at radius 2 is 1.96 bits per heavy atom. The molecule has 5 heteroatoms. The number of carbonyl (C=O) groups excluding carboxylic acids is 1. The van der Waals surface area contributed by atoms with Gasteiger partial charge in [-0.15, -0.1) is 0 Å². The molecule has 1 amide bonds. The highest BCUT2D eigenvalue weighted by Crippen LogP contribution is 2.13. The first-order valence-electron chi connectivity index (χ1n) is 7.44. The Kier molecular flexibility index (Phi) is 4.19. The Morgan fingerprint density at radius 1 is 1.17 bits per heavy atom. The Morgan fingerprint density at radius 3 is 2.57 bits per heavy atom. The van der Waals surface area contributed by atoms with Crippen LogP contribution in [0.4, 0.5) is 0 Å². The van der Waals surface area contributed by atoms with Crippen molar-refractivity contribution in [2.75, 3.05) is 0 Å². The van der Waals surface area contributed by atoms with Crippen molar-refractivity contribution in [2.45, 2.75) is 20.4 Å².